The van der Waals surface area contributed by atoms with Gasteiger partial charge in [0.1, 0.15) is 11.6 Å². The van der Waals surface area contributed by atoms with Gasteiger partial charge in [-0.25, -0.2) is 4.79 Å². The van der Waals surface area contributed by atoms with Gasteiger partial charge in [-0.1, -0.05) is 44.2 Å². The Labute approximate surface area is 157 Å². The minimum atomic E-state index is -0.715. The molecule has 0 saturated heterocycles. The molecule has 2 N–H and O–H groups in total. The first-order chi connectivity index (χ1) is 12.0. The molecule has 0 radical (unpaired) electrons. The molecule has 0 aliphatic rings. The van der Waals surface area contributed by atoms with Crippen molar-refractivity contribution in [3.05, 3.63) is 35.9 Å². The Hall–Kier alpha value is -1.88. The van der Waals surface area contributed by atoms with Gasteiger partial charge in [0.05, 0.1) is 0 Å². The lowest BCUT2D eigenvalue weighted by Crippen LogP contribution is -2.45. The van der Waals surface area contributed by atoms with Crippen LogP contribution in [0, 0.1) is 11.8 Å². The quantitative estimate of drug-likeness (QED) is 0.695. The summed E-state index contributed by atoms with van der Waals surface area (Å²) in [6.07, 6.45) is 0.519. The molecule has 0 aliphatic carbocycles. The zero-order valence-corrected chi connectivity index (χ0v) is 16.8. The minimum Gasteiger partial charge on any atom is -0.458 e. The minimum absolute atomic E-state index is 0.0257. The summed E-state index contributed by atoms with van der Waals surface area (Å²) in [6.45, 7) is 10.9. The maximum absolute atomic E-state index is 12.7. The number of nitrogens with one attached hydrogen (secondary N) is 1. The Morgan fingerprint density at radius 3 is 2.15 bits per heavy atom. The van der Waals surface area contributed by atoms with Gasteiger partial charge in [-0.2, -0.15) is 0 Å². The topological polar surface area (TPSA) is 75.6 Å². The summed E-state index contributed by atoms with van der Waals surface area (Å²) in [6, 6.07) is 8.97. The number of amides is 1. The Balaban J connectivity index is 2.79. The molecule has 0 aromatic heterocycles. The first kappa shape index (κ1) is 22.2. The maximum atomic E-state index is 12.7. The van der Waals surface area contributed by atoms with E-state index in [9.17, 15) is 14.7 Å². The van der Waals surface area contributed by atoms with Crippen molar-refractivity contribution >= 4 is 11.9 Å². The average molecular weight is 363 g/mol. The van der Waals surface area contributed by atoms with Crippen molar-refractivity contribution in [3.63, 3.8) is 0 Å². The second-order valence-electron chi connectivity index (χ2n) is 8.14. The molecule has 1 aromatic rings. The van der Waals surface area contributed by atoms with Crippen LogP contribution in [0.3, 0.4) is 0 Å². The van der Waals surface area contributed by atoms with E-state index >= 15 is 0 Å². The fourth-order valence-electron chi connectivity index (χ4n) is 2.80. The number of ether oxygens (including phenoxy) is 1. The molecule has 0 unspecified atom stereocenters. The summed E-state index contributed by atoms with van der Waals surface area (Å²) in [4.78, 5) is 24.9. The lowest BCUT2D eigenvalue weighted by atomic mass is 9.83. The molecule has 5 heteroatoms. The molecule has 26 heavy (non-hydrogen) atoms. The molecule has 0 saturated carbocycles. The first-order valence-corrected chi connectivity index (χ1v) is 9.24. The van der Waals surface area contributed by atoms with Crippen LogP contribution in [0.15, 0.2) is 30.3 Å². The van der Waals surface area contributed by atoms with Crippen molar-refractivity contribution in [2.24, 2.45) is 11.8 Å². The van der Waals surface area contributed by atoms with E-state index in [2.05, 4.69) is 5.32 Å². The second-order valence-corrected chi connectivity index (χ2v) is 8.14. The smallest absolute Gasteiger partial charge is 0.328 e. The van der Waals surface area contributed by atoms with E-state index in [-0.39, 0.29) is 30.3 Å². The Kier molecular flexibility index (Phi) is 8.28. The number of aliphatic hydroxyl groups is 1. The normalized spacial score (nSPS) is 15.2. The van der Waals surface area contributed by atoms with Crippen LogP contribution in [0.5, 0.6) is 0 Å². The van der Waals surface area contributed by atoms with E-state index in [1.165, 1.54) is 0 Å². The lowest BCUT2D eigenvalue weighted by molar-refractivity contribution is -0.158. The van der Waals surface area contributed by atoms with E-state index in [1.807, 2.05) is 44.2 Å². The van der Waals surface area contributed by atoms with Gasteiger partial charge in [-0.3, -0.25) is 4.79 Å². The third-order valence-corrected chi connectivity index (χ3v) is 4.29. The third-order valence-electron chi connectivity index (χ3n) is 4.29. The Morgan fingerprint density at radius 1 is 1.12 bits per heavy atom. The molecule has 3 atom stereocenters. The highest BCUT2D eigenvalue weighted by Gasteiger charge is 2.30. The predicted molar refractivity (Wildman–Crippen MR) is 103 cm³/mol. The van der Waals surface area contributed by atoms with Gasteiger partial charge in [-0.05, 0) is 45.6 Å². The van der Waals surface area contributed by atoms with E-state index in [0.29, 0.717) is 6.42 Å². The van der Waals surface area contributed by atoms with Crippen molar-refractivity contribution in [2.75, 3.05) is 6.61 Å². The van der Waals surface area contributed by atoms with Crippen molar-refractivity contribution < 1.29 is 19.4 Å². The number of carbonyl (C=O) groups excluding carboxylic acids is 2. The van der Waals surface area contributed by atoms with Gasteiger partial charge >= 0.3 is 5.97 Å². The van der Waals surface area contributed by atoms with Crippen molar-refractivity contribution in [2.45, 2.75) is 65.5 Å². The predicted octanol–water partition coefficient (Wildman–Crippen LogP) is 3.27. The summed E-state index contributed by atoms with van der Waals surface area (Å²) in [5.74, 6) is -0.982. The average Bonchev–Trinajstić information content (AvgIpc) is 2.54. The van der Waals surface area contributed by atoms with E-state index < -0.39 is 17.6 Å². The lowest BCUT2D eigenvalue weighted by Gasteiger charge is -2.27. The third kappa shape index (κ3) is 7.16. The molecule has 0 bridgehead atoms. The van der Waals surface area contributed by atoms with Crippen LogP contribution in [-0.2, 0) is 14.3 Å². The summed E-state index contributed by atoms with van der Waals surface area (Å²) < 4.78 is 5.32. The summed E-state index contributed by atoms with van der Waals surface area (Å²) in [7, 11) is 0. The van der Waals surface area contributed by atoms with Crippen LogP contribution in [0.4, 0.5) is 0 Å². The van der Waals surface area contributed by atoms with Crippen molar-refractivity contribution in [1.82, 2.24) is 5.32 Å². The standard InChI is InChI=1S/C21H33NO4/c1-14(2)18(12-17(13-23)16-10-8-7-9-11-16)19(24)22-15(3)20(25)26-21(4,5)6/h7-11,14-15,17-18,23H,12-13H2,1-6H3,(H,22,24)/t15-,17-,18-/m0/s1. The van der Waals surface area contributed by atoms with Crippen molar-refractivity contribution in [1.29, 1.82) is 0 Å². The molecule has 1 rings (SSSR count). The zero-order valence-electron chi connectivity index (χ0n) is 16.8. The number of hydrogen-bond acceptors (Lipinski definition) is 4. The van der Waals surface area contributed by atoms with Gasteiger partial charge in [0.15, 0.2) is 0 Å². The van der Waals surface area contributed by atoms with Gasteiger partial charge in [0, 0.05) is 18.4 Å². The number of hydrogen-bond donors (Lipinski definition) is 2. The Bertz CT molecular complexity index is 577. The molecule has 0 spiro atoms. The largest absolute Gasteiger partial charge is 0.458 e. The highest BCUT2D eigenvalue weighted by Crippen LogP contribution is 2.28. The number of carbonyl (C=O) groups is 2. The SMILES string of the molecule is CC(C)[C@H](C[C@@H](CO)c1ccccc1)C(=O)N[C@@H](C)C(=O)OC(C)(C)C. The van der Waals surface area contributed by atoms with Crippen LogP contribution >= 0.6 is 0 Å². The van der Waals surface area contributed by atoms with Gasteiger partial charge < -0.3 is 15.2 Å². The highest BCUT2D eigenvalue weighted by atomic mass is 16.6. The molecule has 1 aromatic carbocycles. The molecular formula is C21H33NO4. The number of esters is 1. The van der Waals surface area contributed by atoms with Crippen LogP contribution in [0.1, 0.15) is 59.4 Å². The fourth-order valence-corrected chi connectivity index (χ4v) is 2.80. The van der Waals surface area contributed by atoms with Gasteiger partial charge in [0.2, 0.25) is 5.91 Å². The van der Waals surface area contributed by atoms with Crippen LogP contribution < -0.4 is 5.32 Å². The molecule has 5 nitrogen and oxygen atoms in total. The molecule has 0 aliphatic heterocycles. The molecule has 146 valence electrons. The summed E-state index contributed by atoms with van der Waals surface area (Å²) >= 11 is 0. The van der Waals surface area contributed by atoms with Gasteiger partial charge in [-0.15, -0.1) is 0 Å². The first-order valence-electron chi connectivity index (χ1n) is 9.24. The Morgan fingerprint density at radius 2 is 1.69 bits per heavy atom. The second kappa shape index (κ2) is 9.72. The fraction of sp³-hybridized carbons (Fsp3) is 0.619. The number of aliphatic hydroxyl groups excluding tert-OH is 1. The van der Waals surface area contributed by atoms with E-state index in [1.54, 1.807) is 27.7 Å². The molecular weight excluding hydrogens is 330 g/mol. The van der Waals surface area contributed by atoms with Crippen molar-refractivity contribution in [3.8, 4) is 0 Å². The monoisotopic (exact) mass is 363 g/mol. The highest BCUT2D eigenvalue weighted by molar-refractivity contribution is 5.85. The molecule has 1 amide bonds. The van der Waals surface area contributed by atoms with Crippen LogP contribution in [0.2, 0.25) is 0 Å². The molecule has 0 fully saturated rings. The molecule has 0 heterocycles. The summed E-state index contributed by atoms with van der Waals surface area (Å²) in [5, 5.41) is 12.6. The number of benzene rings is 1. The van der Waals surface area contributed by atoms with E-state index in [0.717, 1.165) is 5.56 Å². The number of rotatable bonds is 8. The summed E-state index contributed by atoms with van der Waals surface area (Å²) in [5.41, 5.74) is 0.414. The van der Waals surface area contributed by atoms with Crippen LogP contribution in [-0.4, -0.2) is 35.2 Å². The maximum Gasteiger partial charge on any atom is 0.328 e. The van der Waals surface area contributed by atoms with Gasteiger partial charge in [0.25, 0.3) is 0 Å². The zero-order chi connectivity index (χ0) is 19.9. The van der Waals surface area contributed by atoms with E-state index in [4.69, 9.17) is 4.74 Å². The van der Waals surface area contributed by atoms with Crippen LogP contribution in [0.25, 0.3) is 0 Å².